The van der Waals surface area contributed by atoms with Crippen molar-refractivity contribution in [3.05, 3.63) is 46.3 Å². The highest BCUT2D eigenvalue weighted by Gasteiger charge is 2.20. The van der Waals surface area contributed by atoms with Crippen molar-refractivity contribution in [1.82, 2.24) is 5.32 Å². The van der Waals surface area contributed by atoms with E-state index in [1.165, 1.54) is 22.6 Å². The lowest BCUT2D eigenvalue weighted by atomic mass is 10.0. The molecule has 0 amide bonds. The van der Waals surface area contributed by atoms with Crippen LogP contribution in [0.5, 0.6) is 0 Å². The molecule has 2 heterocycles. The molecule has 3 rings (SSSR count). The largest absolute Gasteiger partial charge is 0.312 e. The Hall–Kier alpha value is -1.26. The van der Waals surface area contributed by atoms with Gasteiger partial charge in [-0.2, -0.15) is 0 Å². The van der Waals surface area contributed by atoms with Gasteiger partial charge in [-0.1, -0.05) is 6.92 Å². The van der Waals surface area contributed by atoms with E-state index in [-0.39, 0.29) is 0 Å². The van der Waals surface area contributed by atoms with Gasteiger partial charge in [-0.3, -0.25) is 0 Å². The monoisotopic (exact) mass is 265 g/mol. The number of rotatable bonds is 1. The molecule has 4 heteroatoms. The topological polar surface area (TPSA) is 12.0 Å². The van der Waals surface area contributed by atoms with Crippen molar-refractivity contribution < 1.29 is 8.78 Å². The Bertz CT molecular complexity index is 591. The Morgan fingerprint density at radius 3 is 2.83 bits per heavy atom. The molecule has 0 radical (unpaired) electrons. The van der Waals surface area contributed by atoms with Crippen LogP contribution in [-0.2, 0) is 6.54 Å². The number of hydrogen-bond acceptors (Lipinski definition) is 2. The zero-order valence-corrected chi connectivity index (χ0v) is 10.8. The first-order valence-corrected chi connectivity index (χ1v) is 6.75. The molecule has 1 unspecified atom stereocenters. The highest BCUT2D eigenvalue weighted by atomic mass is 32.1. The van der Waals surface area contributed by atoms with Crippen LogP contribution in [0, 0.1) is 11.6 Å². The van der Waals surface area contributed by atoms with Gasteiger partial charge in [0, 0.05) is 40.4 Å². The van der Waals surface area contributed by atoms with Gasteiger partial charge in [-0.15, -0.1) is 11.3 Å². The minimum Gasteiger partial charge on any atom is -0.312 e. The van der Waals surface area contributed by atoms with Crippen LogP contribution in [0.15, 0.2) is 24.3 Å². The molecule has 1 nitrogen and oxygen atoms in total. The molecule has 94 valence electrons. The molecule has 1 N–H and O–H groups in total. The van der Waals surface area contributed by atoms with Crippen LogP contribution in [0.1, 0.15) is 23.3 Å². The number of fused-ring (bicyclic) bond motifs is 1. The van der Waals surface area contributed by atoms with E-state index in [1.807, 2.05) is 6.07 Å². The molecule has 0 fully saturated rings. The predicted octanol–water partition coefficient (Wildman–Crippen LogP) is 3.90. The van der Waals surface area contributed by atoms with Crippen LogP contribution in [0.25, 0.3) is 10.4 Å². The third-order valence-corrected chi connectivity index (χ3v) is 4.69. The average molecular weight is 265 g/mol. The molecule has 18 heavy (non-hydrogen) atoms. The average Bonchev–Trinajstić information content (AvgIpc) is 2.74. The molecule has 1 aromatic heterocycles. The van der Waals surface area contributed by atoms with Crippen molar-refractivity contribution in [3.8, 4) is 10.4 Å². The normalized spacial score (nSPS) is 18.7. The second kappa shape index (κ2) is 4.44. The van der Waals surface area contributed by atoms with Crippen molar-refractivity contribution in [2.75, 3.05) is 6.54 Å². The molecular formula is C14H13F2NS. The number of halogens is 2. The summed E-state index contributed by atoms with van der Waals surface area (Å²) in [6, 6.07) is 5.77. The fourth-order valence-electron chi connectivity index (χ4n) is 2.34. The first-order valence-electron chi connectivity index (χ1n) is 5.94. The van der Waals surface area contributed by atoms with Gasteiger partial charge < -0.3 is 5.32 Å². The third-order valence-electron chi connectivity index (χ3n) is 3.25. The van der Waals surface area contributed by atoms with Crippen molar-refractivity contribution >= 4 is 11.3 Å². The summed E-state index contributed by atoms with van der Waals surface area (Å²) in [7, 11) is 0. The highest BCUT2D eigenvalue weighted by molar-refractivity contribution is 7.15. The smallest absolute Gasteiger partial charge is 0.134 e. The standard InChI is InChI=1S/C14H13F2NS/c1-8-6-17-7-9-4-13(18-14(8)9)11-3-2-10(15)5-12(11)16/h2-5,8,17H,6-7H2,1H3. The summed E-state index contributed by atoms with van der Waals surface area (Å²) >= 11 is 1.61. The molecule has 0 aliphatic carbocycles. The van der Waals surface area contributed by atoms with Crippen LogP contribution in [0.2, 0.25) is 0 Å². The van der Waals surface area contributed by atoms with Crippen molar-refractivity contribution in [1.29, 1.82) is 0 Å². The molecule has 0 saturated heterocycles. The lowest BCUT2D eigenvalue weighted by Crippen LogP contribution is -2.24. The number of benzene rings is 1. The highest BCUT2D eigenvalue weighted by Crippen LogP contribution is 2.38. The van der Waals surface area contributed by atoms with Gasteiger partial charge in [0.25, 0.3) is 0 Å². The Morgan fingerprint density at radius 1 is 1.28 bits per heavy atom. The maximum atomic E-state index is 13.7. The molecule has 0 bridgehead atoms. The summed E-state index contributed by atoms with van der Waals surface area (Å²) in [5, 5.41) is 3.33. The van der Waals surface area contributed by atoms with Crippen LogP contribution < -0.4 is 5.32 Å². The molecule has 1 atom stereocenters. The van der Waals surface area contributed by atoms with Crippen molar-refractivity contribution in [2.45, 2.75) is 19.4 Å². The van der Waals surface area contributed by atoms with Gasteiger partial charge in [-0.05, 0) is 23.8 Å². The van der Waals surface area contributed by atoms with Gasteiger partial charge >= 0.3 is 0 Å². The first-order chi connectivity index (χ1) is 8.65. The van der Waals surface area contributed by atoms with E-state index in [2.05, 4.69) is 12.2 Å². The van der Waals surface area contributed by atoms with Crippen LogP contribution in [0.3, 0.4) is 0 Å². The van der Waals surface area contributed by atoms with E-state index < -0.39 is 11.6 Å². The van der Waals surface area contributed by atoms with Crippen LogP contribution in [0.4, 0.5) is 8.78 Å². The van der Waals surface area contributed by atoms with E-state index in [4.69, 9.17) is 0 Å². The van der Waals surface area contributed by atoms with Gasteiger partial charge in [0.2, 0.25) is 0 Å². The van der Waals surface area contributed by atoms with Crippen molar-refractivity contribution in [3.63, 3.8) is 0 Å². The maximum Gasteiger partial charge on any atom is 0.134 e. The number of hydrogen-bond donors (Lipinski definition) is 1. The van der Waals surface area contributed by atoms with E-state index in [9.17, 15) is 8.78 Å². The summed E-state index contributed by atoms with van der Waals surface area (Å²) in [5.74, 6) is -0.571. The van der Waals surface area contributed by atoms with Gasteiger partial charge in [-0.25, -0.2) is 8.78 Å². The summed E-state index contributed by atoms with van der Waals surface area (Å²) < 4.78 is 26.7. The molecule has 0 spiro atoms. The van der Waals surface area contributed by atoms with E-state index in [0.29, 0.717) is 11.5 Å². The van der Waals surface area contributed by atoms with Gasteiger partial charge in [0.1, 0.15) is 11.6 Å². The summed E-state index contributed by atoms with van der Waals surface area (Å²) in [4.78, 5) is 2.19. The van der Waals surface area contributed by atoms with Crippen LogP contribution in [-0.4, -0.2) is 6.54 Å². The molecule has 1 aliphatic heterocycles. The minimum absolute atomic E-state index is 0.455. The fraction of sp³-hybridized carbons (Fsp3) is 0.286. The predicted molar refractivity (Wildman–Crippen MR) is 69.8 cm³/mol. The van der Waals surface area contributed by atoms with Crippen molar-refractivity contribution in [2.24, 2.45) is 0 Å². The number of nitrogens with one attached hydrogen (secondary N) is 1. The summed E-state index contributed by atoms with van der Waals surface area (Å²) in [6.45, 7) is 3.95. The van der Waals surface area contributed by atoms with E-state index >= 15 is 0 Å². The minimum atomic E-state index is -0.535. The zero-order chi connectivity index (χ0) is 12.7. The Labute approximate surface area is 108 Å². The number of thiophene rings is 1. The maximum absolute atomic E-state index is 13.7. The molecule has 1 aromatic carbocycles. The molecule has 1 aliphatic rings. The fourth-order valence-corrected chi connectivity index (χ4v) is 3.60. The molecule has 2 aromatic rings. The third kappa shape index (κ3) is 1.95. The first kappa shape index (κ1) is 11.8. The lowest BCUT2D eigenvalue weighted by molar-refractivity contribution is 0.581. The molecule has 0 saturated carbocycles. The van der Waals surface area contributed by atoms with Gasteiger partial charge in [0.15, 0.2) is 0 Å². The van der Waals surface area contributed by atoms with Gasteiger partial charge in [0.05, 0.1) is 0 Å². The summed E-state index contributed by atoms with van der Waals surface area (Å²) in [6.07, 6.45) is 0. The second-order valence-corrected chi connectivity index (χ2v) is 5.74. The zero-order valence-electron chi connectivity index (χ0n) is 9.97. The Kier molecular flexibility index (Phi) is 2.92. The SMILES string of the molecule is CC1CNCc2cc(-c3ccc(F)cc3F)sc21. The quantitative estimate of drug-likeness (QED) is 0.824. The van der Waals surface area contributed by atoms with E-state index in [0.717, 1.165) is 24.0 Å². The second-order valence-electron chi connectivity index (χ2n) is 4.66. The van der Waals surface area contributed by atoms with Crippen LogP contribution >= 0.6 is 11.3 Å². The van der Waals surface area contributed by atoms with E-state index in [1.54, 1.807) is 11.3 Å². The Morgan fingerprint density at radius 2 is 2.11 bits per heavy atom. The molecular weight excluding hydrogens is 252 g/mol. The Balaban J connectivity index is 2.07. The summed E-state index contributed by atoms with van der Waals surface area (Å²) in [5.41, 5.74) is 1.72. The lowest BCUT2D eigenvalue weighted by Gasteiger charge is -2.18.